The van der Waals surface area contributed by atoms with Gasteiger partial charge in [-0.3, -0.25) is 0 Å². The lowest BCUT2D eigenvalue weighted by molar-refractivity contribution is 0.0881. The molecule has 6 rings (SSSR count). The van der Waals surface area contributed by atoms with Gasteiger partial charge in [0, 0.05) is 56.1 Å². The van der Waals surface area contributed by atoms with Crippen LogP contribution in [0.5, 0.6) is 0 Å². The highest BCUT2D eigenvalue weighted by molar-refractivity contribution is 7.15. The Kier molecular flexibility index (Phi) is 5.80. The van der Waals surface area contributed by atoms with Gasteiger partial charge in [0.2, 0.25) is 0 Å². The quantitative estimate of drug-likeness (QED) is 0.669. The first-order valence-corrected chi connectivity index (χ1v) is 13.2. The number of piperazine rings is 1. The minimum Gasteiger partial charge on any atom is -0.445 e. The summed E-state index contributed by atoms with van der Waals surface area (Å²) in [6.07, 6.45) is 4.96. The number of likely N-dealkylation sites (tertiary alicyclic amines) is 2. The van der Waals surface area contributed by atoms with E-state index in [1.807, 2.05) is 45.0 Å². The fraction of sp³-hybridized carbons (Fsp3) is 0.560. The smallest absolute Gasteiger partial charge is 0.410 e. The van der Waals surface area contributed by atoms with Crippen LogP contribution in [-0.2, 0) is 24.3 Å². The Morgan fingerprint density at radius 3 is 2.44 bits per heavy atom. The molecule has 4 aliphatic heterocycles. The van der Waals surface area contributed by atoms with E-state index in [0.29, 0.717) is 26.2 Å². The van der Waals surface area contributed by atoms with Gasteiger partial charge < -0.3 is 24.3 Å². The maximum atomic E-state index is 12.9. The van der Waals surface area contributed by atoms with Gasteiger partial charge in [-0.1, -0.05) is 41.7 Å². The van der Waals surface area contributed by atoms with Crippen LogP contribution in [0.25, 0.3) is 0 Å². The highest BCUT2D eigenvalue weighted by Gasteiger charge is 2.43. The molecule has 1 aromatic carbocycles. The summed E-state index contributed by atoms with van der Waals surface area (Å²) < 4.78 is 5.59. The van der Waals surface area contributed by atoms with Crippen molar-refractivity contribution in [3.63, 3.8) is 0 Å². The largest absolute Gasteiger partial charge is 0.445 e. The molecule has 8 nitrogen and oxygen atoms in total. The highest BCUT2D eigenvalue weighted by Crippen LogP contribution is 2.39. The van der Waals surface area contributed by atoms with Crippen LogP contribution in [0.1, 0.15) is 41.8 Å². The second-order valence-electron chi connectivity index (χ2n) is 9.75. The molecule has 34 heavy (non-hydrogen) atoms. The van der Waals surface area contributed by atoms with Crippen LogP contribution < -0.4 is 4.90 Å². The molecule has 3 amide bonds. The van der Waals surface area contributed by atoms with Crippen molar-refractivity contribution in [1.29, 1.82) is 0 Å². The van der Waals surface area contributed by atoms with Gasteiger partial charge in [-0.25, -0.2) is 14.6 Å². The van der Waals surface area contributed by atoms with Crippen molar-refractivity contribution in [3.05, 3.63) is 46.5 Å². The zero-order chi connectivity index (χ0) is 23.1. The number of aromatic nitrogens is 1. The van der Waals surface area contributed by atoms with Crippen molar-refractivity contribution in [3.8, 4) is 0 Å². The van der Waals surface area contributed by atoms with Crippen LogP contribution >= 0.6 is 11.3 Å². The molecule has 3 fully saturated rings. The average molecular weight is 482 g/mol. The first kappa shape index (κ1) is 21.7. The van der Waals surface area contributed by atoms with Gasteiger partial charge in [-0.2, -0.15) is 0 Å². The minimum atomic E-state index is -0.227. The second kappa shape index (κ2) is 9.09. The van der Waals surface area contributed by atoms with E-state index in [0.717, 1.165) is 68.1 Å². The third-order valence-electron chi connectivity index (χ3n) is 7.53. The molecule has 2 aromatic rings. The SMILES string of the molecule is O=C(OCc1ccccc1)N1CC2CCC(C1)N2c1nc2c(s1)CN(C(=O)N1CCCC1)CC2. The van der Waals surface area contributed by atoms with E-state index in [2.05, 4.69) is 4.90 Å². The third-order valence-corrected chi connectivity index (χ3v) is 8.63. The number of anilines is 1. The molecule has 4 aliphatic rings. The molecule has 2 bridgehead atoms. The normalized spacial score (nSPS) is 23.9. The lowest BCUT2D eigenvalue weighted by Crippen LogP contribution is -2.55. The van der Waals surface area contributed by atoms with Crippen molar-refractivity contribution in [2.45, 2.75) is 57.3 Å². The Hall–Kier alpha value is -2.81. The van der Waals surface area contributed by atoms with Crippen LogP contribution in [-0.4, -0.2) is 76.6 Å². The number of amides is 3. The van der Waals surface area contributed by atoms with Gasteiger partial charge in [0.25, 0.3) is 0 Å². The molecular weight excluding hydrogens is 450 g/mol. The van der Waals surface area contributed by atoms with Gasteiger partial charge in [-0.05, 0) is 31.2 Å². The van der Waals surface area contributed by atoms with Crippen LogP contribution in [0.3, 0.4) is 0 Å². The number of benzene rings is 1. The molecule has 0 N–H and O–H groups in total. The van der Waals surface area contributed by atoms with Gasteiger partial charge in [0.15, 0.2) is 5.13 Å². The van der Waals surface area contributed by atoms with E-state index in [1.54, 1.807) is 11.3 Å². The van der Waals surface area contributed by atoms with Gasteiger partial charge in [-0.15, -0.1) is 0 Å². The molecular formula is C25H31N5O3S. The van der Waals surface area contributed by atoms with Crippen molar-refractivity contribution < 1.29 is 14.3 Å². The standard InChI is InChI=1S/C25H31N5O3S/c31-24(27-11-4-5-12-27)28-13-10-21-22(16-28)34-23(26-21)30-19-8-9-20(30)15-29(14-19)25(32)33-17-18-6-2-1-3-7-18/h1-3,6-7,19-20H,4-5,8-17H2. The molecule has 2 atom stereocenters. The molecule has 1 aromatic heterocycles. The number of fused-ring (bicyclic) bond motifs is 3. The number of carbonyl (C=O) groups is 2. The van der Waals surface area contributed by atoms with Crippen LogP contribution in [0.2, 0.25) is 0 Å². The van der Waals surface area contributed by atoms with Crippen molar-refractivity contribution >= 4 is 28.6 Å². The lowest BCUT2D eigenvalue weighted by atomic mass is 10.2. The van der Waals surface area contributed by atoms with Crippen molar-refractivity contribution in [1.82, 2.24) is 19.7 Å². The number of urea groups is 1. The second-order valence-corrected chi connectivity index (χ2v) is 10.8. The molecule has 0 saturated carbocycles. The number of rotatable bonds is 3. The third kappa shape index (κ3) is 4.10. The Morgan fingerprint density at radius 1 is 0.971 bits per heavy atom. The summed E-state index contributed by atoms with van der Waals surface area (Å²) in [6.45, 7) is 4.85. The Labute approximate surface area is 204 Å². The predicted molar refractivity (Wildman–Crippen MR) is 130 cm³/mol. The number of hydrogen-bond acceptors (Lipinski definition) is 6. The summed E-state index contributed by atoms with van der Waals surface area (Å²) in [7, 11) is 0. The molecule has 0 aliphatic carbocycles. The first-order chi connectivity index (χ1) is 16.7. The molecule has 3 saturated heterocycles. The fourth-order valence-electron chi connectivity index (χ4n) is 5.74. The Morgan fingerprint density at radius 2 is 1.71 bits per heavy atom. The van der Waals surface area contributed by atoms with E-state index < -0.39 is 0 Å². The van der Waals surface area contributed by atoms with E-state index in [-0.39, 0.29) is 24.2 Å². The number of hydrogen-bond donors (Lipinski definition) is 0. The van der Waals surface area contributed by atoms with E-state index in [1.165, 1.54) is 4.88 Å². The number of nitrogens with zero attached hydrogens (tertiary/aromatic N) is 5. The molecule has 2 unspecified atom stereocenters. The maximum Gasteiger partial charge on any atom is 0.410 e. The molecule has 180 valence electrons. The molecule has 9 heteroatoms. The van der Waals surface area contributed by atoms with E-state index in [9.17, 15) is 9.59 Å². The van der Waals surface area contributed by atoms with Crippen molar-refractivity contribution in [2.75, 3.05) is 37.6 Å². The summed E-state index contributed by atoms with van der Waals surface area (Å²) in [6, 6.07) is 10.5. The highest BCUT2D eigenvalue weighted by atomic mass is 32.1. The topological polar surface area (TPSA) is 69.2 Å². The molecule has 5 heterocycles. The summed E-state index contributed by atoms with van der Waals surface area (Å²) in [5, 5.41) is 1.06. The molecule has 0 spiro atoms. The Bertz CT molecular complexity index is 1040. The Balaban J connectivity index is 1.09. The number of ether oxygens (including phenoxy) is 1. The van der Waals surface area contributed by atoms with Crippen LogP contribution in [0.4, 0.5) is 14.7 Å². The monoisotopic (exact) mass is 481 g/mol. The molecule has 0 radical (unpaired) electrons. The summed E-state index contributed by atoms with van der Waals surface area (Å²) in [5.41, 5.74) is 2.15. The van der Waals surface area contributed by atoms with Gasteiger partial charge in [0.1, 0.15) is 6.61 Å². The van der Waals surface area contributed by atoms with Crippen molar-refractivity contribution in [2.24, 2.45) is 0 Å². The first-order valence-electron chi connectivity index (χ1n) is 12.4. The maximum absolute atomic E-state index is 12.9. The number of carbonyl (C=O) groups excluding carboxylic acids is 2. The summed E-state index contributed by atoms with van der Waals surface area (Å²) >= 11 is 1.74. The summed E-state index contributed by atoms with van der Waals surface area (Å²) in [5.74, 6) is 0. The minimum absolute atomic E-state index is 0.181. The van der Waals surface area contributed by atoms with Crippen LogP contribution in [0, 0.1) is 0 Å². The zero-order valence-electron chi connectivity index (χ0n) is 19.4. The average Bonchev–Trinajstić information content (AvgIpc) is 3.60. The lowest BCUT2D eigenvalue weighted by Gasteiger charge is -2.40. The summed E-state index contributed by atoms with van der Waals surface area (Å²) in [4.78, 5) is 40.1. The predicted octanol–water partition coefficient (Wildman–Crippen LogP) is 3.71. The van der Waals surface area contributed by atoms with E-state index >= 15 is 0 Å². The number of thiazole rings is 1. The van der Waals surface area contributed by atoms with E-state index in [4.69, 9.17) is 9.72 Å². The fourth-order valence-corrected chi connectivity index (χ4v) is 7.00. The van der Waals surface area contributed by atoms with Gasteiger partial charge >= 0.3 is 12.1 Å². The van der Waals surface area contributed by atoms with Gasteiger partial charge in [0.05, 0.1) is 12.2 Å². The van der Waals surface area contributed by atoms with Crippen LogP contribution in [0.15, 0.2) is 30.3 Å². The zero-order valence-corrected chi connectivity index (χ0v) is 20.2.